The average Bonchev–Trinajstić information content (AvgIpc) is 2.50. The van der Waals surface area contributed by atoms with Crippen LogP contribution in [-0.2, 0) is 11.2 Å². The van der Waals surface area contributed by atoms with Gasteiger partial charge in [-0.25, -0.2) is 4.98 Å². The minimum Gasteiger partial charge on any atom is -0.373 e. The van der Waals surface area contributed by atoms with Crippen LogP contribution in [0, 0.1) is 11.3 Å². The number of anilines is 2. The molecule has 0 unspecified atom stereocenters. The molecule has 0 aliphatic heterocycles. The normalized spacial score (nSPS) is 9.76. The van der Waals surface area contributed by atoms with Gasteiger partial charge in [0, 0.05) is 18.9 Å². The number of benzene rings is 1. The predicted octanol–water partition coefficient (Wildman–Crippen LogP) is 2.83. The van der Waals surface area contributed by atoms with Gasteiger partial charge in [0.2, 0.25) is 5.91 Å². The Morgan fingerprint density at radius 1 is 1.38 bits per heavy atom. The standard InChI is InChI=1S/C15H13ClN4O/c1-18-14-5-2-10(9-19-14)6-15(21)20-12-3-4-13(16)11(7-12)8-17/h2-5,7,9H,6H2,1H3,(H,18,19)(H,20,21). The summed E-state index contributed by atoms with van der Waals surface area (Å²) in [6.45, 7) is 0. The second kappa shape index (κ2) is 6.73. The number of rotatable bonds is 4. The van der Waals surface area contributed by atoms with E-state index in [4.69, 9.17) is 16.9 Å². The van der Waals surface area contributed by atoms with E-state index in [2.05, 4.69) is 15.6 Å². The molecule has 1 aromatic heterocycles. The van der Waals surface area contributed by atoms with Crippen molar-refractivity contribution < 1.29 is 4.79 Å². The van der Waals surface area contributed by atoms with Crippen molar-refractivity contribution >= 4 is 29.0 Å². The van der Waals surface area contributed by atoms with Crippen molar-refractivity contribution in [3.8, 4) is 6.07 Å². The molecule has 106 valence electrons. The summed E-state index contributed by atoms with van der Waals surface area (Å²) in [6.07, 6.45) is 1.86. The van der Waals surface area contributed by atoms with Gasteiger partial charge in [0.05, 0.1) is 17.0 Å². The Kier molecular flexibility index (Phi) is 4.75. The molecule has 0 aliphatic carbocycles. The van der Waals surface area contributed by atoms with Gasteiger partial charge in [-0.3, -0.25) is 4.79 Å². The van der Waals surface area contributed by atoms with E-state index in [9.17, 15) is 4.79 Å². The number of hydrogen-bond donors (Lipinski definition) is 2. The number of pyridine rings is 1. The van der Waals surface area contributed by atoms with E-state index in [1.165, 1.54) is 0 Å². The Balaban J connectivity index is 2.02. The van der Waals surface area contributed by atoms with Crippen LogP contribution in [-0.4, -0.2) is 17.9 Å². The molecule has 0 spiro atoms. The third-order valence-corrected chi connectivity index (χ3v) is 3.15. The minimum absolute atomic E-state index is 0.180. The molecule has 0 fully saturated rings. The summed E-state index contributed by atoms with van der Waals surface area (Å²) in [7, 11) is 1.78. The van der Waals surface area contributed by atoms with E-state index in [1.54, 1.807) is 37.5 Å². The fraction of sp³-hybridized carbons (Fsp3) is 0.133. The molecule has 0 saturated carbocycles. The van der Waals surface area contributed by atoms with E-state index >= 15 is 0 Å². The molecule has 0 radical (unpaired) electrons. The van der Waals surface area contributed by atoms with Gasteiger partial charge in [0.15, 0.2) is 0 Å². The van der Waals surface area contributed by atoms with Crippen molar-refractivity contribution in [1.29, 1.82) is 5.26 Å². The Morgan fingerprint density at radius 3 is 2.81 bits per heavy atom. The third kappa shape index (κ3) is 3.94. The van der Waals surface area contributed by atoms with Crippen LogP contribution in [0.15, 0.2) is 36.5 Å². The Morgan fingerprint density at radius 2 is 2.19 bits per heavy atom. The zero-order valence-corrected chi connectivity index (χ0v) is 12.1. The highest BCUT2D eigenvalue weighted by Gasteiger charge is 2.07. The first-order valence-corrected chi connectivity index (χ1v) is 6.62. The fourth-order valence-electron chi connectivity index (χ4n) is 1.76. The molecule has 1 amide bonds. The maximum atomic E-state index is 12.0. The summed E-state index contributed by atoms with van der Waals surface area (Å²) >= 11 is 5.84. The fourth-order valence-corrected chi connectivity index (χ4v) is 1.92. The van der Waals surface area contributed by atoms with Crippen LogP contribution < -0.4 is 10.6 Å². The van der Waals surface area contributed by atoms with Crippen molar-refractivity contribution in [2.45, 2.75) is 6.42 Å². The summed E-state index contributed by atoms with van der Waals surface area (Å²) < 4.78 is 0. The maximum absolute atomic E-state index is 12.0. The lowest BCUT2D eigenvalue weighted by Crippen LogP contribution is -2.14. The number of aromatic nitrogens is 1. The van der Waals surface area contributed by atoms with Crippen molar-refractivity contribution in [1.82, 2.24) is 4.98 Å². The number of nitrogens with one attached hydrogen (secondary N) is 2. The van der Waals surface area contributed by atoms with Gasteiger partial charge in [0.1, 0.15) is 11.9 Å². The van der Waals surface area contributed by atoms with Crippen LogP contribution >= 0.6 is 11.6 Å². The minimum atomic E-state index is -0.180. The van der Waals surface area contributed by atoms with E-state index in [1.807, 2.05) is 12.1 Å². The molecule has 1 aromatic carbocycles. The molecule has 2 N–H and O–H groups in total. The highest BCUT2D eigenvalue weighted by molar-refractivity contribution is 6.31. The monoisotopic (exact) mass is 300 g/mol. The van der Waals surface area contributed by atoms with Crippen LogP contribution in [0.4, 0.5) is 11.5 Å². The molecule has 0 saturated heterocycles. The number of carbonyl (C=O) groups is 1. The molecule has 21 heavy (non-hydrogen) atoms. The van der Waals surface area contributed by atoms with Gasteiger partial charge < -0.3 is 10.6 Å². The van der Waals surface area contributed by atoms with E-state index in [-0.39, 0.29) is 12.3 Å². The zero-order valence-electron chi connectivity index (χ0n) is 11.4. The first kappa shape index (κ1) is 14.8. The van der Waals surface area contributed by atoms with Crippen LogP contribution in [0.25, 0.3) is 0 Å². The molecule has 6 heteroatoms. The molecule has 0 bridgehead atoms. The van der Waals surface area contributed by atoms with Gasteiger partial charge in [-0.15, -0.1) is 0 Å². The van der Waals surface area contributed by atoms with Gasteiger partial charge in [-0.2, -0.15) is 5.26 Å². The second-order valence-corrected chi connectivity index (χ2v) is 4.74. The molecule has 2 rings (SSSR count). The number of amides is 1. The summed E-state index contributed by atoms with van der Waals surface area (Å²) in [4.78, 5) is 16.1. The summed E-state index contributed by atoms with van der Waals surface area (Å²) in [5.41, 5.74) is 1.68. The Hall–Kier alpha value is -2.58. The summed E-state index contributed by atoms with van der Waals surface area (Å²) in [6, 6.07) is 10.4. The molecule has 5 nitrogen and oxygen atoms in total. The third-order valence-electron chi connectivity index (χ3n) is 2.82. The van der Waals surface area contributed by atoms with Crippen molar-refractivity contribution in [3.63, 3.8) is 0 Å². The molecule has 0 aliphatic rings. The van der Waals surface area contributed by atoms with Gasteiger partial charge in [0.25, 0.3) is 0 Å². The van der Waals surface area contributed by atoms with Gasteiger partial charge >= 0.3 is 0 Å². The first-order valence-electron chi connectivity index (χ1n) is 6.24. The highest BCUT2D eigenvalue weighted by atomic mass is 35.5. The molecule has 1 heterocycles. The van der Waals surface area contributed by atoms with E-state index < -0.39 is 0 Å². The number of carbonyl (C=O) groups excluding carboxylic acids is 1. The average molecular weight is 301 g/mol. The number of nitrogens with zero attached hydrogens (tertiary/aromatic N) is 2. The van der Waals surface area contributed by atoms with E-state index in [0.717, 1.165) is 11.4 Å². The molecular formula is C15H13ClN4O. The lowest BCUT2D eigenvalue weighted by molar-refractivity contribution is -0.115. The lowest BCUT2D eigenvalue weighted by atomic mass is 10.2. The van der Waals surface area contributed by atoms with Crippen LogP contribution in [0.2, 0.25) is 5.02 Å². The maximum Gasteiger partial charge on any atom is 0.228 e. The summed E-state index contributed by atoms with van der Waals surface area (Å²) in [5, 5.41) is 14.9. The predicted molar refractivity (Wildman–Crippen MR) is 82.3 cm³/mol. The Labute approximate surface area is 127 Å². The van der Waals surface area contributed by atoms with E-state index in [0.29, 0.717) is 16.3 Å². The van der Waals surface area contributed by atoms with Crippen LogP contribution in [0.1, 0.15) is 11.1 Å². The van der Waals surface area contributed by atoms with Crippen molar-refractivity contribution in [2.24, 2.45) is 0 Å². The largest absolute Gasteiger partial charge is 0.373 e. The second-order valence-electron chi connectivity index (χ2n) is 4.33. The lowest BCUT2D eigenvalue weighted by Gasteiger charge is -2.07. The number of halogens is 1. The highest BCUT2D eigenvalue weighted by Crippen LogP contribution is 2.19. The molecular weight excluding hydrogens is 288 g/mol. The smallest absolute Gasteiger partial charge is 0.228 e. The quantitative estimate of drug-likeness (QED) is 0.910. The van der Waals surface area contributed by atoms with Crippen molar-refractivity contribution in [3.05, 3.63) is 52.7 Å². The first-order chi connectivity index (χ1) is 10.1. The SMILES string of the molecule is CNc1ccc(CC(=O)Nc2ccc(Cl)c(C#N)c2)cn1. The Bertz CT molecular complexity index is 692. The van der Waals surface area contributed by atoms with Gasteiger partial charge in [-0.05, 0) is 29.8 Å². The zero-order chi connectivity index (χ0) is 15.2. The molecule has 2 aromatic rings. The van der Waals surface area contributed by atoms with Gasteiger partial charge in [-0.1, -0.05) is 17.7 Å². The number of hydrogen-bond acceptors (Lipinski definition) is 4. The van der Waals surface area contributed by atoms with Crippen molar-refractivity contribution in [2.75, 3.05) is 17.7 Å². The van der Waals surface area contributed by atoms with Crippen LogP contribution in [0.5, 0.6) is 0 Å². The number of nitriles is 1. The van der Waals surface area contributed by atoms with Crippen LogP contribution in [0.3, 0.4) is 0 Å². The molecule has 0 atom stereocenters. The topological polar surface area (TPSA) is 77.8 Å². The summed E-state index contributed by atoms with van der Waals surface area (Å²) in [5.74, 6) is 0.566.